The lowest BCUT2D eigenvalue weighted by atomic mass is 10.3. The molecular formula is C8H8N6S. The second-order valence-electron chi connectivity index (χ2n) is 2.66. The second-order valence-corrected chi connectivity index (χ2v) is 3.64. The summed E-state index contributed by atoms with van der Waals surface area (Å²) >= 11 is 1.29. The molecule has 2 rings (SSSR count). The highest BCUT2D eigenvalue weighted by atomic mass is 32.2. The average Bonchev–Trinajstić information content (AvgIpc) is 2.71. The number of nitrogen functional groups attached to an aromatic ring is 1. The van der Waals surface area contributed by atoms with Crippen LogP contribution in [0, 0.1) is 5.41 Å². The molecule has 4 N–H and O–H groups in total. The van der Waals surface area contributed by atoms with E-state index in [-0.39, 0.29) is 5.84 Å². The van der Waals surface area contributed by atoms with Gasteiger partial charge in [-0.3, -0.25) is 10.5 Å². The molecule has 15 heavy (non-hydrogen) atoms. The topological polar surface area (TPSA) is 104 Å². The molecule has 7 heteroatoms. The van der Waals surface area contributed by atoms with Crippen molar-refractivity contribution < 1.29 is 0 Å². The zero-order chi connectivity index (χ0) is 10.7. The standard InChI is InChI=1S/C8H8N6S/c9-6(10)5-2-1-3-11-7(5)15-8-12-4-13-14-8/h1-4H,(H3,9,10)(H,12,13,14). The van der Waals surface area contributed by atoms with Gasteiger partial charge in [0.1, 0.15) is 17.2 Å². The van der Waals surface area contributed by atoms with Crippen LogP contribution >= 0.6 is 11.8 Å². The van der Waals surface area contributed by atoms with E-state index in [4.69, 9.17) is 11.1 Å². The molecule has 0 aliphatic rings. The zero-order valence-corrected chi connectivity index (χ0v) is 8.45. The lowest BCUT2D eigenvalue weighted by molar-refractivity contribution is 0.966. The van der Waals surface area contributed by atoms with Crippen LogP contribution in [0.2, 0.25) is 0 Å². The van der Waals surface area contributed by atoms with Gasteiger partial charge in [-0.05, 0) is 23.9 Å². The molecule has 0 aliphatic heterocycles. The van der Waals surface area contributed by atoms with Crippen LogP contribution in [-0.2, 0) is 0 Å². The summed E-state index contributed by atoms with van der Waals surface area (Å²) in [6.07, 6.45) is 3.06. The molecule has 0 radical (unpaired) electrons. The van der Waals surface area contributed by atoms with Crippen molar-refractivity contribution in [2.45, 2.75) is 10.2 Å². The molecule has 0 unspecified atom stereocenters. The Kier molecular flexibility index (Phi) is 2.64. The Balaban J connectivity index is 2.32. The van der Waals surface area contributed by atoms with Crippen molar-refractivity contribution in [2.75, 3.05) is 0 Å². The highest BCUT2D eigenvalue weighted by Crippen LogP contribution is 2.24. The predicted molar refractivity (Wildman–Crippen MR) is 55.8 cm³/mol. The van der Waals surface area contributed by atoms with Gasteiger partial charge in [0, 0.05) is 11.8 Å². The number of nitrogens with two attached hydrogens (primary N) is 1. The van der Waals surface area contributed by atoms with Crippen molar-refractivity contribution in [3.63, 3.8) is 0 Å². The van der Waals surface area contributed by atoms with Crippen LogP contribution in [0.1, 0.15) is 5.56 Å². The minimum atomic E-state index is -0.00915. The van der Waals surface area contributed by atoms with E-state index in [2.05, 4.69) is 20.2 Å². The Morgan fingerprint density at radius 2 is 2.33 bits per heavy atom. The van der Waals surface area contributed by atoms with Crippen molar-refractivity contribution in [1.82, 2.24) is 20.2 Å². The summed E-state index contributed by atoms with van der Waals surface area (Å²) in [4.78, 5) is 8.09. The number of rotatable bonds is 3. The van der Waals surface area contributed by atoms with Crippen molar-refractivity contribution in [3.05, 3.63) is 30.2 Å². The molecule has 0 aliphatic carbocycles. The van der Waals surface area contributed by atoms with Crippen molar-refractivity contribution in [1.29, 1.82) is 5.41 Å². The molecular weight excluding hydrogens is 212 g/mol. The minimum Gasteiger partial charge on any atom is -0.384 e. The number of hydrogen-bond donors (Lipinski definition) is 3. The monoisotopic (exact) mass is 220 g/mol. The van der Waals surface area contributed by atoms with Crippen LogP contribution in [0.15, 0.2) is 34.8 Å². The quantitative estimate of drug-likeness (QED) is 0.520. The number of pyridine rings is 1. The molecule has 2 aromatic heterocycles. The number of aromatic amines is 1. The fourth-order valence-electron chi connectivity index (χ4n) is 1.01. The largest absolute Gasteiger partial charge is 0.384 e. The van der Waals surface area contributed by atoms with E-state index in [9.17, 15) is 0 Å². The van der Waals surface area contributed by atoms with Gasteiger partial charge < -0.3 is 5.73 Å². The fraction of sp³-hybridized carbons (Fsp3) is 0. The van der Waals surface area contributed by atoms with Gasteiger partial charge in [0.25, 0.3) is 0 Å². The summed E-state index contributed by atoms with van der Waals surface area (Å²) in [6, 6.07) is 3.48. The number of nitrogens with one attached hydrogen (secondary N) is 2. The Hall–Kier alpha value is -1.89. The second kappa shape index (κ2) is 4.09. The highest BCUT2D eigenvalue weighted by molar-refractivity contribution is 7.99. The maximum atomic E-state index is 7.38. The fourth-order valence-corrected chi connectivity index (χ4v) is 1.79. The van der Waals surface area contributed by atoms with E-state index in [1.54, 1.807) is 18.3 Å². The van der Waals surface area contributed by atoms with E-state index in [1.807, 2.05) is 0 Å². The normalized spacial score (nSPS) is 10.1. The third-order valence-electron chi connectivity index (χ3n) is 1.65. The summed E-state index contributed by atoms with van der Waals surface area (Å²) in [6.45, 7) is 0. The molecule has 0 saturated heterocycles. The number of aromatic nitrogens is 4. The van der Waals surface area contributed by atoms with Gasteiger partial charge in [-0.25, -0.2) is 9.97 Å². The maximum Gasteiger partial charge on any atom is 0.189 e. The summed E-state index contributed by atoms with van der Waals surface area (Å²) in [5.74, 6) is -0.00915. The van der Waals surface area contributed by atoms with E-state index in [0.717, 1.165) is 0 Å². The molecule has 0 amide bonds. The number of H-pyrrole nitrogens is 1. The first-order chi connectivity index (χ1) is 7.27. The first-order valence-corrected chi connectivity index (χ1v) is 4.91. The zero-order valence-electron chi connectivity index (χ0n) is 7.64. The van der Waals surface area contributed by atoms with E-state index in [0.29, 0.717) is 15.7 Å². The molecule has 0 fully saturated rings. The molecule has 2 aromatic rings. The van der Waals surface area contributed by atoms with E-state index < -0.39 is 0 Å². The molecule has 76 valence electrons. The highest BCUT2D eigenvalue weighted by Gasteiger charge is 2.08. The van der Waals surface area contributed by atoms with Crippen molar-refractivity contribution in [3.8, 4) is 0 Å². The Morgan fingerprint density at radius 1 is 1.47 bits per heavy atom. The number of hydrogen-bond acceptors (Lipinski definition) is 5. The van der Waals surface area contributed by atoms with Crippen LogP contribution in [0.25, 0.3) is 0 Å². The smallest absolute Gasteiger partial charge is 0.189 e. The molecule has 2 heterocycles. The SMILES string of the molecule is N=C(N)c1cccnc1Sc1ncn[nH]1. The van der Waals surface area contributed by atoms with E-state index in [1.165, 1.54) is 18.1 Å². The minimum absolute atomic E-state index is 0.00915. The number of nitrogens with zero attached hydrogens (tertiary/aromatic N) is 3. The Morgan fingerprint density at radius 3 is 3.00 bits per heavy atom. The van der Waals surface area contributed by atoms with Gasteiger partial charge in [0.05, 0.1) is 0 Å². The average molecular weight is 220 g/mol. The van der Waals surface area contributed by atoms with Gasteiger partial charge in [-0.15, -0.1) is 0 Å². The first kappa shape index (κ1) is 9.66. The molecule has 0 aromatic carbocycles. The van der Waals surface area contributed by atoms with E-state index >= 15 is 0 Å². The van der Waals surface area contributed by atoms with Gasteiger partial charge in [0.2, 0.25) is 0 Å². The van der Waals surface area contributed by atoms with Gasteiger partial charge >= 0.3 is 0 Å². The summed E-state index contributed by atoms with van der Waals surface area (Å²) < 4.78 is 0. The lowest BCUT2D eigenvalue weighted by Crippen LogP contribution is -2.12. The van der Waals surface area contributed by atoms with Gasteiger partial charge in [-0.2, -0.15) is 5.10 Å². The van der Waals surface area contributed by atoms with Crippen LogP contribution < -0.4 is 5.73 Å². The summed E-state index contributed by atoms with van der Waals surface area (Å²) in [5, 5.41) is 15.1. The third-order valence-corrected chi connectivity index (χ3v) is 2.56. The Labute approximate surface area is 89.8 Å². The van der Waals surface area contributed by atoms with Crippen LogP contribution in [0.3, 0.4) is 0 Å². The molecule has 0 atom stereocenters. The molecule has 0 bridgehead atoms. The summed E-state index contributed by atoms with van der Waals surface area (Å²) in [7, 11) is 0. The first-order valence-electron chi connectivity index (χ1n) is 4.10. The maximum absolute atomic E-state index is 7.38. The third kappa shape index (κ3) is 2.13. The van der Waals surface area contributed by atoms with Crippen molar-refractivity contribution >= 4 is 17.6 Å². The number of amidine groups is 1. The van der Waals surface area contributed by atoms with Gasteiger partial charge in [0.15, 0.2) is 5.16 Å². The van der Waals surface area contributed by atoms with Crippen LogP contribution in [0.5, 0.6) is 0 Å². The predicted octanol–water partition coefficient (Wildman–Crippen LogP) is 0.635. The Bertz CT molecular complexity index is 466. The van der Waals surface area contributed by atoms with Crippen molar-refractivity contribution in [2.24, 2.45) is 5.73 Å². The molecule has 0 spiro atoms. The lowest BCUT2D eigenvalue weighted by Gasteiger charge is -2.03. The molecule has 0 saturated carbocycles. The van der Waals surface area contributed by atoms with Crippen LogP contribution in [0.4, 0.5) is 0 Å². The van der Waals surface area contributed by atoms with Crippen LogP contribution in [-0.4, -0.2) is 26.0 Å². The molecule has 6 nitrogen and oxygen atoms in total. The van der Waals surface area contributed by atoms with Gasteiger partial charge in [-0.1, -0.05) is 0 Å². The summed E-state index contributed by atoms with van der Waals surface area (Å²) in [5.41, 5.74) is 6.02.